The zero-order chi connectivity index (χ0) is 26.5. The second kappa shape index (κ2) is 8.99. The number of aromatic nitrogens is 6. The maximum atomic E-state index is 4.97. The molecule has 5 heterocycles. The molecule has 8 aromatic rings. The van der Waals surface area contributed by atoms with Gasteiger partial charge in [0.2, 0.25) is 0 Å². The van der Waals surface area contributed by atoms with Crippen LogP contribution in [0, 0.1) is 0 Å². The molecular weight excluding hydrogens is 492 g/mol. The molecule has 3 aromatic carbocycles. The van der Waals surface area contributed by atoms with E-state index in [4.69, 9.17) is 19.9 Å². The number of pyridine rings is 4. The predicted molar refractivity (Wildman–Crippen MR) is 160 cm³/mol. The molecule has 8 rings (SSSR count). The Morgan fingerprint density at radius 2 is 0.875 bits per heavy atom. The molecular formula is C34H20N6. The van der Waals surface area contributed by atoms with Crippen molar-refractivity contribution in [3.05, 3.63) is 122 Å². The lowest BCUT2D eigenvalue weighted by Gasteiger charge is -2.11. The fourth-order valence-electron chi connectivity index (χ4n) is 5.21. The SMILES string of the molecule is c1ccc(-c2nc(-c3cnc4c(ccc5cccnc54)c3)cc(-c3cnc4c(ccc5cccnc54)c3)n2)cc1. The number of hydrogen-bond acceptors (Lipinski definition) is 6. The number of benzene rings is 3. The molecule has 0 bridgehead atoms. The highest BCUT2D eigenvalue weighted by Gasteiger charge is 2.14. The first-order chi connectivity index (χ1) is 19.8. The van der Waals surface area contributed by atoms with Gasteiger partial charge < -0.3 is 0 Å². The number of fused-ring (bicyclic) bond motifs is 6. The summed E-state index contributed by atoms with van der Waals surface area (Å²) in [4.78, 5) is 28.7. The highest BCUT2D eigenvalue weighted by atomic mass is 14.9. The van der Waals surface area contributed by atoms with Gasteiger partial charge in [0.15, 0.2) is 5.82 Å². The van der Waals surface area contributed by atoms with Gasteiger partial charge in [0.1, 0.15) is 0 Å². The fraction of sp³-hybridized carbons (Fsp3) is 0. The van der Waals surface area contributed by atoms with Crippen LogP contribution in [0.4, 0.5) is 0 Å². The second-order valence-electron chi connectivity index (χ2n) is 9.70. The van der Waals surface area contributed by atoms with Crippen LogP contribution in [-0.4, -0.2) is 29.9 Å². The molecule has 0 saturated heterocycles. The lowest BCUT2D eigenvalue weighted by atomic mass is 10.0. The summed E-state index contributed by atoms with van der Waals surface area (Å²) < 4.78 is 0. The van der Waals surface area contributed by atoms with Crippen molar-refractivity contribution in [1.29, 1.82) is 0 Å². The van der Waals surface area contributed by atoms with Gasteiger partial charge in [0.05, 0.1) is 33.5 Å². The number of rotatable bonds is 3. The lowest BCUT2D eigenvalue weighted by molar-refractivity contribution is 1.18. The third-order valence-corrected chi connectivity index (χ3v) is 7.20. The molecule has 0 atom stereocenters. The summed E-state index contributed by atoms with van der Waals surface area (Å²) in [5.41, 5.74) is 7.88. The van der Waals surface area contributed by atoms with Crippen LogP contribution in [0.3, 0.4) is 0 Å². The van der Waals surface area contributed by atoms with Crippen molar-refractivity contribution in [3.8, 4) is 33.9 Å². The van der Waals surface area contributed by atoms with Crippen molar-refractivity contribution < 1.29 is 0 Å². The molecule has 0 unspecified atom stereocenters. The summed E-state index contributed by atoms with van der Waals surface area (Å²) in [6.45, 7) is 0. The summed E-state index contributed by atoms with van der Waals surface area (Å²) in [5, 5.41) is 4.16. The van der Waals surface area contributed by atoms with Crippen LogP contribution < -0.4 is 0 Å². The quantitative estimate of drug-likeness (QED) is 0.226. The van der Waals surface area contributed by atoms with Gasteiger partial charge >= 0.3 is 0 Å². The van der Waals surface area contributed by atoms with E-state index in [1.165, 1.54) is 0 Å². The number of nitrogens with zero attached hydrogens (tertiary/aromatic N) is 6. The molecule has 6 heteroatoms. The first-order valence-corrected chi connectivity index (χ1v) is 13.0. The maximum Gasteiger partial charge on any atom is 0.160 e. The average molecular weight is 513 g/mol. The van der Waals surface area contributed by atoms with Gasteiger partial charge in [0.25, 0.3) is 0 Å². The van der Waals surface area contributed by atoms with Crippen molar-refractivity contribution >= 4 is 43.6 Å². The van der Waals surface area contributed by atoms with Crippen LogP contribution >= 0.6 is 0 Å². The van der Waals surface area contributed by atoms with Gasteiger partial charge in [-0.05, 0) is 30.3 Å². The molecule has 0 aliphatic carbocycles. The minimum atomic E-state index is 0.647. The van der Waals surface area contributed by atoms with E-state index in [1.807, 2.05) is 60.9 Å². The monoisotopic (exact) mass is 512 g/mol. The zero-order valence-corrected chi connectivity index (χ0v) is 21.2. The summed E-state index contributed by atoms with van der Waals surface area (Å²) in [6.07, 6.45) is 7.34. The Kier molecular flexibility index (Phi) is 5.03. The van der Waals surface area contributed by atoms with Crippen LogP contribution in [0.1, 0.15) is 0 Å². The maximum absolute atomic E-state index is 4.97. The predicted octanol–water partition coefficient (Wildman–Crippen LogP) is 7.67. The molecule has 0 fully saturated rings. The summed E-state index contributed by atoms with van der Waals surface area (Å²) in [7, 11) is 0. The van der Waals surface area contributed by atoms with Crippen molar-refractivity contribution in [1.82, 2.24) is 29.9 Å². The van der Waals surface area contributed by atoms with Crippen LogP contribution in [0.15, 0.2) is 122 Å². The van der Waals surface area contributed by atoms with Gasteiger partial charge in [0, 0.05) is 63.0 Å². The van der Waals surface area contributed by atoms with E-state index in [0.717, 1.165) is 71.7 Å². The standard InChI is InChI=1S/C34H20N6/c1-2-6-23(7-3-1)34-39-28(26-16-24-12-10-21-8-4-14-35-30(21)32(24)37-19-26)18-29(40-34)27-17-25-13-11-22-9-5-15-36-31(22)33(25)38-20-27/h1-20H. The van der Waals surface area contributed by atoms with Crippen LogP contribution in [0.25, 0.3) is 77.5 Å². The summed E-state index contributed by atoms with van der Waals surface area (Å²) >= 11 is 0. The molecule has 6 nitrogen and oxygen atoms in total. The lowest BCUT2D eigenvalue weighted by Crippen LogP contribution is -1.97. The molecule has 0 N–H and O–H groups in total. The topological polar surface area (TPSA) is 77.3 Å². The Bertz CT molecular complexity index is 2090. The van der Waals surface area contributed by atoms with E-state index in [1.54, 1.807) is 12.4 Å². The highest BCUT2D eigenvalue weighted by Crippen LogP contribution is 2.31. The van der Waals surface area contributed by atoms with Crippen LogP contribution in [0.5, 0.6) is 0 Å². The smallest absolute Gasteiger partial charge is 0.160 e. The molecule has 0 aliphatic rings. The van der Waals surface area contributed by atoms with Gasteiger partial charge in [-0.25, -0.2) is 9.97 Å². The largest absolute Gasteiger partial charge is 0.254 e. The van der Waals surface area contributed by atoms with Gasteiger partial charge in [-0.3, -0.25) is 19.9 Å². The Morgan fingerprint density at radius 3 is 1.43 bits per heavy atom. The van der Waals surface area contributed by atoms with Crippen molar-refractivity contribution in [2.24, 2.45) is 0 Å². The molecule has 0 radical (unpaired) electrons. The van der Waals surface area contributed by atoms with E-state index in [9.17, 15) is 0 Å². The van der Waals surface area contributed by atoms with Crippen molar-refractivity contribution in [2.45, 2.75) is 0 Å². The molecule has 0 spiro atoms. The van der Waals surface area contributed by atoms with Gasteiger partial charge in [-0.15, -0.1) is 0 Å². The molecule has 40 heavy (non-hydrogen) atoms. The van der Waals surface area contributed by atoms with Crippen LogP contribution in [0.2, 0.25) is 0 Å². The Morgan fingerprint density at radius 1 is 0.375 bits per heavy atom. The van der Waals surface area contributed by atoms with E-state index >= 15 is 0 Å². The van der Waals surface area contributed by atoms with Crippen LogP contribution in [-0.2, 0) is 0 Å². The normalized spacial score (nSPS) is 11.5. The third-order valence-electron chi connectivity index (χ3n) is 7.20. The van der Waals surface area contributed by atoms with E-state index in [-0.39, 0.29) is 0 Å². The first-order valence-electron chi connectivity index (χ1n) is 13.0. The fourth-order valence-corrected chi connectivity index (χ4v) is 5.21. The third kappa shape index (κ3) is 3.74. The second-order valence-corrected chi connectivity index (χ2v) is 9.70. The van der Waals surface area contributed by atoms with Gasteiger partial charge in [-0.2, -0.15) is 0 Å². The average Bonchev–Trinajstić information content (AvgIpc) is 3.04. The molecule has 186 valence electrons. The summed E-state index contributed by atoms with van der Waals surface area (Å²) in [5.74, 6) is 0.647. The Labute approximate surface area is 229 Å². The summed E-state index contributed by atoms with van der Waals surface area (Å²) in [6, 6.07) is 32.6. The highest BCUT2D eigenvalue weighted by molar-refractivity contribution is 6.04. The molecule has 0 amide bonds. The van der Waals surface area contributed by atoms with Gasteiger partial charge in [-0.1, -0.05) is 66.7 Å². The number of hydrogen-bond donors (Lipinski definition) is 0. The minimum absolute atomic E-state index is 0.647. The zero-order valence-electron chi connectivity index (χ0n) is 21.2. The molecule has 5 aromatic heterocycles. The Balaban J connectivity index is 1.32. The molecule has 0 aliphatic heterocycles. The minimum Gasteiger partial charge on any atom is -0.254 e. The van der Waals surface area contributed by atoms with E-state index < -0.39 is 0 Å². The van der Waals surface area contributed by atoms with Crippen molar-refractivity contribution in [3.63, 3.8) is 0 Å². The molecule has 0 saturated carbocycles. The first kappa shape index (κ1) is 22.4. The van der Waals surface area contributed by atoms with Crippen molar-refractivity contribution in [2.75, 3.05) is 0 Å². The Hall–Kier alpha value is -5.62. The van der Waals surface area contributed by atoms with E-state index in [2.05, 4.69) is 58.5 Å². The van der Waals surface area contributed by atoms with E-state index in [0.29, 0.717) is 5.82 Å².